The molecule has 0 heterocycles. The normalized spacial score (nSPS) is 12.8. The molecule has 0 aliphatic carbocycles. The fourth-order valence-corrected chi connectivity index (χ4v) is 2.87. The number of ether oxygens (including phenoxy) is 1. The molecule has 3 nitrogen and oxygen atoms in total. The molecule has 0 saturated heterocycles. The van der Waals surface area contributed by atoms with Crippen LogP contribution < -0.4 is 10.5 Å². The van der Waals surface area contributed by atoms with E-state index in [0.29, 0.717) is 6.61 Å². The van der Waals surface area contributed by atoms with Crippen LogP contribution in [0.3, 0.4) is 0 Å². The molecule has 0 aliphatic rings. The first kappa shape index (κ1) is 18.0. The predicted molar refractivity (Wildman–Crippen MR) is 90.4 cm³/mol. The maximum Gasteiger partial charge on any atom is 0.125 e. The van der Waals surface area contributed by atoms with Crippen molar-refractivity contribution < 1.29 is 4.74 Å². The molecule has 0 aromatic heterocycles. The third-order valence-corrected chi connectivity index (χ3v) is 3.81. The van der Waals surface area contributed by atoms with Gasteiger partial charge in [0.15, 0.2) is 0 Å². The minimum absolute atomic E-state index is 0.0959. The van der Waals surface area contributed by atoms with E-state index in [-0.39, 0.29) is 11.5 Å². The molecule has 0 spiro atoms. The van der Waals surface area contributed by atoms with Crippen molar-refractivity contribution >= 4 is 15.9 Å². The number of benzene rings is 1. The Labute approximate surface area is 136 Å². The van der Waals surface area contributed by atoms with Gasteiger partial charge in [0, 0.05) is 10.5 Å². The molecule has 0 aliphatic heterocycles. The molecule has 1 unspecified atom stereocenters. The number of halogens is 1. The highest BCUT2D eigenvalue weighted by molar-refractivity contribution is 9.10. The second-order valence-corrected chi connectivity index (χ2v) is 7.26. The van der Waals surface area contributed by atoms with Crippen LogP contribution in [0, 0.1) is 23.7 Å². The summed E-state index contributed by atoms with van der Waals surface area (Å²) >= 11 is 3.52. The van der Waals surface area contributed by atoms with Gasteiger partial charge in [0.2, 0.25) is 0 Å². The number of hydrogen-bond acceptors (Lipinski definition) is 3. The van der Waals surface area contributed by atoms with E-state index >= 15 is 0 Å². The number of nitrogens with zero attached hydrogens (tertiary/aromatic N) is 1. The molecule has 21 heavy (non-hydrogen) atoms. The fraction of sp³-hybridized carbons (Fsp3) is 0.588. The Balaban J connectivity index is 2.72. The molecule has 4 heteroatoms. The van der Waals surface area contributed by atoms with E-state index in [9.17, 15) is 0 Å². The van der Waals surface area contributed by atoms with E-state index in [1.54, 1.807) is 0 Å². The molecule has 0 amide bonds. The summed E-state index contributed by atoms with van der Waals surface area (Å²) in [7, 11) is 0. The number of rotatable bonds is 7. The summed E-state index contributed by atoms with van der Waals surface area (Å²) in [6, 6.07) is 6.54. The van der Waals surface area contributed by atoms with E-state index in [0.717, 1.165) is 40.6 Å². The van der Waals surface area contributed by atoms with Crippen molar-refractivity contribution in [3.8, 4) is 11.8 Å². The molecule has 2 N–H and O–H groups in total. The Hall–Kier alpha value is -1.05. The average Bonchev–Trinajstić information content (AvgIpc) is 2.36. The minimum Gasteiger partial charge on any atom is -0.493 e. The van der Waals surface area contributed by atoms with Crippen molar-refractivity contribution in [3.63, 3.8) is 0 Å². The molecular weight excluding hydrogens is 328 g/mol. The van der Waals surface area contributed by atoms with Crippen molar-refractivity contribution in [1.82, 2.24) is 0 Å². The Morgan fingerprint density at radius 1 is 1.43 bits per heavy atom. The topological polar surface area (TPSA) is 59.0 Å². The highest BCUT2D eigenvalue weighted by atomic mass is 79.9. The van der Waals surface area contributed by atoms with Gasteiger partial charge < -0.3 is 10.5 Å². The van der Waals surface area contributed by atoms with Crippen molar-refractivity contribution in [3.05, 3.63) is 27.7 Å². The molecule has 1 atom stereocenters. The molecule has 1 aromatic carbocycles. The second-order valence-electron chi connectivity index (χ2n) is 6.34. The van der Waals surface area contributed by atoms with Gasteiger partial charge in [-0.3, -0.25) is 0 Å². The van der Waals surface area contributed by atoms with Crippen LogP contribution in [-0.2, 0) is 6.42 Å². The third kappa shape index (κ3) is 6.07. The lowest BCUT2D eigenvalue weighted by atomic mass is 9.90. The van der Waals surface area contributed by atoms with E-state index in [1.165, 1.54) is 0 Å². The van der Waals surface area contributed by atoms with Crippen LogP contribution >= 0.6 is 15.9 Å². The number of nitrogens with two attached hydrogens (primary N) is 1. The zero-order valence-electron chi connectivity index (χ0n) is 13.4. The van der Waals surface area contributed by atoms with E-state index < -0.39 is 0 Å². The van der Waals surface area contributed by atoms with Crippen molar-refractivity contribution in [2.24, 2.45) is 11.1 Å². The van der Waals surface area contributed by atoms with Crippen molar-refractivity contribution in [1.29, 1.82) is 5.26 Å². The summed E-state index contributed by atoms with van der Waals surface area (Å²) in [5.74, 6) is 0.935. The van der Waals surface area contributed by atoms with Crippen molar-refractivity contribution in [2.75, 3.05) is 6.61 Å². The lowest BCUT2D eigenvalue weighted by Crippen LogP contribution is -2.19. The standard InChI is InChI=1S/C17H25BrN2O/c1-12-8-15(18)10-14(9-13(2)20)16(12)21-7-5-6-17(3,4)11-19/h8,10,13H,5-7,9,20H2,1-4H3. The predicted octanol–water partition coefficient (Wildman–Crippen LogP) is 4.36. The smallest absolute Gasteiger partial charge is 0.125 e. The van der Waals surface area contributed by atoms with Gasteiger partial charge in [0.1, 0.15) is 5.75 Å². The van der Waals surface area contributed by atoms with Gasteiger partial charge in [-0.15, -0.1) is 0 Å². The third-order valence-electron chi connectivity index (χ3n) is 3.35. The van der Waals surface area contributed by atoms with Gasteiger partial charge in [0.25, 0.3) is 0 Å². The Kier molecular flexibility index (Phi) is 6.70. The average molecular weight is 353 g/mol. The van der Waals surface area contributed by atoms with Crippen LogP contribution in [-0.4, -0.2) is 12.6 Å². The van der Waals surface area contributed by atoms with Crippen LogP contribution in [0.1, 0.15) is 44.7 Å². The van der Waals surface area contributed by atoms with E-state index in [2.05, 4.69) is 34.1 Å². The van der Waals surface area contributed by atoms with Gasteiger partial charge in [-0.05, 0) is 70.2 Å². The maximum absolute atomic E-state index is 9.02. The minimum atomic E-state index is -0.285. The molecule has 116 valence electrons. The molecule has 0 fully saturated rings. The van der Waals surface area contributed by atoms with Gasteiger partial charge >= 0.3 is 0 Å². The first-order valence-electron chi connectivity index (χ1n) is 7.34. The summed E-state index contributed by atoms with van der Waals surface area (Å²) in [4.78, 5) is 0. The van der Waals surface area contributed by atoms with Crippen molar-refractivity contribution in [2.45, 2.75) is 53.0 Å². The van der Waals surface area contributed by atoms with Crippen LogP contribution in [0.5, 0.6) is 5.75 Å². The second kappa shape index (κ2) is 7.82. The monoisotopic (exact) mass is 352 g/mol. The summed E-state index contributed by atoms with van der Waals surface area (Å²) in [5, 5.41) is 9.02. The number of aryl methyl sites for hydroxylation is 1. The lowest BCUT2D eigenvalue weighted by Gasteiger charge is -2.18. The van der Waals surface area contributed by atoms with E-state index in [4.69, 9.17) is 15.7 Å². The fourth-order valence-electron chi connectivity index (χ4n) is 2.25. The Bertz CT molecular complexity index is 518. The summed E-state index contributed by atoms with van der Waals surface area (Å²) in [6.07, 6.45) is 2.49. The Morgan fingerprint density at radius 3 is 2.67 bits per heavy atom. The summed E-state index contributed by atoms with van der Waals surface area (Å²) < 4.78 is 7.03. The van der Waals surface area contributed by atoms with Crippen LogP contribution in [0.2, 0.25) is 0 Å². The number of nitriles is 1. The van der Waals surface area contributed by atoms with Gasteiger partial charge in [-0.25, -0.2) is 0 Å². The molecule has 0 saturated carbocycles. The SMILES string of the molecule is Cc1cc(Br)cc(CC(C)N)c1OCCCC(C)(C)C#N. The maximum atomic E-state index is 9.02. The van der Waals surface area contributed by atoms with Gasteiger partial charge in [-0.2, -0.15) is 5.26 Å². The molecule has 1 aromatic rings. The largest absolute Gasteiger partial charge is 0.493 e. The molecule has 0 radical (unpaired) electrons. The lowest BCUT2D eigenvalue weighted by molar-refractivity contribution is 0.280. The number of hydrogen-bond donors (Lipinski definition) is 1. The molecule has 0 bridgehead atoms. The van der Waals surface area contributed by atoms with Gasteiger partial charge in [0.05, 0.1) is 18.1 Å². The summed E-state index contributed by atoms with van der Waals surface area (Å²) in [5.41, 5.74) is 7.88. The van der Waals surface area contributed by atoms with Gasteiger partial charge in [-0.1, -0.05) is 15.9 Å². The first-order valence-corrected chi connectivity index (χ1v) is 8.13. The highest BCUT2D eigenvalue weighted by Gasteiger charge is 2.16. The first-order chi connectivity index (χ1) is 9.75. The van der Waals surface area contributed by atoms with Crippen LogP contribution in [0.15, 0.2) is 16.6 Å². The Morgan fingerprint density at radius 2 is 2.10 bits per heavy atom. The molecular formula is C17H25BrN2O. The summed E-state index contributed by atoms with van der Waals surface area (Å²) in [6.45, 7) is 8.58. The zero-order valence-corrected chi connectivity index (χ0v) is 15.0. The quantitative estimate of drug-likeness (QED) is 0.741. The van der Waals surface area contributed by atoms with E-state index in [1.807, 2.05) is 27.7 Å². The van der Waals surface area contributed by atoms with Crippen LogP contribution in [0.25, 0.3) is 0 Å². The molecule has 1 rings (SSSR count). The van der Waals surface area contributed by atoms with Crippen LogP contribution in [0.4, 0.5) is 0 Å². The zero-order chi connectivity index (χ0) is 16.0. The highest BCUT2D eigenvalue weighted by Crippen LogP contribution is 2.29.